The minimum atomic E-state index is 0.482. The number of hydrogen-bond donors (Lipinski definition) is 0. The van der Waals surface area contributed by atoms with Gasteiger partial charge in [-0.05, 0) is 46.2 Å². The third-order valence-corrected chi connectivity index (χ3v) is 5.73. The highest BCUT2D eigenvalue weighted by Crippen LogP contribution is 2.35. The molecule has 0 saturated carbocycles. The fourth-order valence-electron chi connectivity index (χ4n) is 1.88. The van der Waals surface area contributed by atoms with Gasteiger partial charge in [-0.1, -0.05) is 47.2 Å². The van der Waals surface area contributed by atoms with E-state index in [4.69, 9.17) is 4.98 Å². The fourth-order valence-corrected chi connectivity index (χ4v) is 4.29. The van der Waals surface area contributed by atoms with Crippen molar-refractivity contribution in [3.8, 4) is 0 Å². The van der Waals surface area contributed by atoms with Crippen molar-refractivity contribution in [2.45, 2.75) is 43.7 Å². The van der Waals surface area contributed by atoms with Gasteiger partial charge in [0.15, 0.2) is 4.34 Å². The summed E-state index contributed by atoms with van der Waals surface area (Å²) in [5, 5.41) is 0.482. The molecular weight excluding hydrogens is 282 g/mol. The van der Waals surface area contributed by atoms with Gasteiger partial charge in [0.1, 0.15) is 0 Å². The van der Waals surface area contributed by atoms with E-state index in [-0.39, 0.29) is 0 Å². The Morgan fingerprint density at radius 3 is 2.70 bits per heavy atom. The summed E-state index contributed by atoms with van der Waals surface area (Å²) in [5.41, 5.74) is 3.91. The molecule has 2 rings (SSSR count). The Morgan fingerprint density at radius 1 is 1.30 bits per heavy atom. The van der Waals surface area contributed by atoms with Crippen molar-refractivity contribution in [2.24, 2.45) is 0 Å². The first kappa shape index (κ1) is 15.3. The third-order valence-electron chi connectivity index (χ3n) is 3.22. The van der Waals surface area contributed by atoms with Crippen LogP contribution < -0.4 is 0 Å². The Morgan fingerprint density at radius 2 is 2.05 bits per heavy atom. The van der Waals surface area contributed by atoms with Crippen LogP contribution in [0.15, 0.2) is 51.9 Å². The molecule has 20 heavy (non-hydrogen) atoms. The number of benzene rings is 1. The molecule has 0 bridgehead atoms. The molecule has 0 N–H and O–H groups in total. The first-order valence-electron chi connectivity index (χ1n) is 6.88. The third kappa shape index (κ3) is 3.97. The molecule has 0 radical (unpaired) electrons. The smallest absolute Gasteiger partial charge is 0.151 e. The normalized spacial score (nSPS) is 13.5. The zero-order valence-corrected chi connectivity index (χ0v) is 14.1. The highest BCUT2D eigenvalue weighted by atomic mass is 32.2. The number of para-hydroxylation sites is 1. The molecule has 1 nitrogen and oxygen atoms in total. The molecule has 0 spiro atoms. The van der Waals surface area contributed by atoms with E-state index in [1.807, 2.05) is 17.8 Å². The van der Waals surface area contributed by atoms with Crippen molar-refractivity contribution >= 4 is 33.3 Å². The number of fused-ring (bicyclic) bond motifs is 1. The number of nitrogens with zero attached hydrogens (tertiary/aromatic N) is 1. The lowest BCUT2D eigenvalue weighted by Gasteiger charge is -2.14. The maximum atomic E-state index is 4.73. The van der Waals surface area contributed by atoms with E-state index < -0.39 is 0 Å². The van der Waals surface area contributed by atoms with E-state index in [2.05, 4.69) is 58.0 Å². The van der Waals surface area contributed by atoms with Gasteiger partial charge in [-0.2, -0.15) is 0 Å². The molecule has 1 aromatic carbocycles. The van der Waals surface area contributed by atoms with E-state index in [9.17, 15) is 0 Å². The number of thiazole rings is 1. The van der Waals surface area contributed by atoms with Crippen molar-refractivity contribution in [2.75, 3.05) is 0 Å². The molecule has 1 atom stereocenters. The molecule has 106 valence electrons. The molecule has 1 aromatic heterocycles. The Balaban J connectivity index is 2.20. The van der Waals surface area contributed by atoms with Crippen LogP contribution in [0.4, 0.5) is 0 Å². The molecule has 2 aromatic rings. The lowest BCUT2D eigenvalue weighted by molar-refractivity contribution is 0.980. The average molecular weight is 303 g/mol. The second-order valence-electron chi connectivity index (χ2n) is 5.10. The van der Waals surface area contributed by atoms with E-state index >= 15 is 0 Å². The summed E-state index contributed by atoms with van der Waals surface area (Å²) in [7, 11) is 0. The van der Waals surface area contributed by atoms with Crippen molar-refractivity contribution in [1.82, 2.24) is 4.98 Å². The zero-order chi connectivity index (χ0) is 14.5. The van der Waals surface area contributed by atoms with Gasteiger partial charge in [-0.15, -0.1) is 11.3 Å². The van der Waals surface area contributed by atoms with Crippen molar-refractivity contribution in [3.63, 3.8) is 0 Å². The van der Waals surface area contributed by atoms with Crippen LogP contribution in [-0.4, -0.2) is 10.2 Å². The van der Waals surface area contributed by atoms with Gasteiger partial charge in [-0.25, -0.2) is 4.98 Å². The van der Waals surface area contributed by atoms with Crippen molar-refractivity contribution in [3.05, 3.63) is 47.6 Å². The molecule has 0 aliphatic rings. The van der Waals surface area contributed by atoms with E-state index in [1.165, 1.54) is 20.2 Å². The second kappa shape index (κ2) is 7.09. The minimum Gasteiger partial charge on any atom is -0.230 e. The Hall–Kier alpha value is -1.06. The largest absolute Gasteiger partial charge is 0.230 e. The standard InChI is InChI=1S/C17H21NS2/c1-5-13(4)15(11-10-12(2)3)19-17-18-14-8-6-7-9-16(14)20-17/h5-10,15H,11H2,1-4H3. The van der Waals surface area contributed by atoms with Gasteiger partial charge in [0.25, 0.3) is 0 Å². The van der Waals surface area contributed by atoms with E-state index in [1.54, 1.807) is 11.3 Å². The Kier molecular flexibility index (Phi) is 5.44. The van der Waals surface area contributed by atoms with Crippen LogP contribution in [-0.2, 0) is 0 Å². The Bertz CT molecular complexity index is 600. The summed E-state index contributed by atoms with van der Waals surface area (Å²) in [5.74, 6) is 0. The maximum Gasteiger partial charge on any atom is 0.151 e. The molecule has 1 heterocycles. The van der Waals surface area contributed by atoms with Gasteiger partial charge >= 0.3 is 0 Å². The van der Waals surface area contributed by atoms with E-state index in [0.29, 0.717) is 5.25 Å². The van der Waals surface area contributed by atoms with Crippen LogP contribution in [0.25, 0.3) is 10.2 Å². The number of allylic oxidation sites excluding steroid dienone is 3. The molecular formula is C17H21NS2. The van der Waals surface area contributed by atoms with E-state index in [0.717, 1.165) is 11.9 Å². The highest BCUT2D eigenvalue weighted by molar-refractivity contribution is 8.01. The lowest BCUT2D eigenvalue weighted by atomic mass is 10.1. The number of thioether (sulfide) groups is 1. The van der Waals surface area contributed by atoms with Crippen LogP contribution in [0, 0.1) is 0 Å². The number of hydrogen-bond acceptors (Lipinski definition) is 3. The van der Waals surface area contributed by atoms with Crippen LogP contribution in [0.3, 0.4) is 0 Å². The summed E-state index contributed by atoms with van der Waals surface area (Å²) in [6, 6.07) is 8.36. The topological polar surface area (TPSA) is 12.9 Å². The summed E-state index contributed by atoms with van der Waals surface area (Å²) in [6.07, 6.45) is 5.60. The lowest BCUT2D eigenvalue weighted by Crippen LogP contribution is -2.03. The number of aromatic nitrogens is 1. The highest BCUT2D eigenvalue weighted by Gasteiger charge is 2.14. The van der Waals surface area contributed by atoms with Crippen LogP contribution in [0.1, 0.15) is 34.1 Å². The van der Waals surface area contributed by atoms with Gasteiger partial charge in [0.05, 0.1) is 10.2 Å². The summed E-state index contributed by atoms with van der Waals surface area (Å²) in [4.78, 5) is 4.73. The summed E-state index contributed by atoms with van der Waals surface area (Å²) >= 11 is 3.68. The quantitative estimate of drug-likeness (QED) is 0.490. The molecule has 0 amide bonds. The molecule has 0 aliphatic carbocycles. The summed E-state index contributed by atoms with van der Waals surface area (Å²) in [6.45, 7) is 8.64. The molecule has 3 heteroatoms. The predicted octanol–water partition coefficient (Wildman–Crippen LogP) is 6.08. The maximum absolute atomic E-state index is 4.73. The Labute approximate surface area is 129 Å². The monoisotopic (exact) mass is 303 g/mol. The molecule has 1 unspecified atom stereocenters. The fraction of sp³-hybridized carbons (Fsp3) is 0.353. The molecule has 0 aliphatic heterocycles. The number of rotatable bonds is 5. The molecule has 0 saturated heterocycles. The van der Waals surface area contributed by atoms with Crippen LogP contribution in [0.2, 0.25) is 0 Å². The van der Waals surface area contributed by atoms with Gasteiger partial charge in [-0.3, -0.25) is 0 Å². The molecule has 0 fully saturated rings. The predicted molar refractivity (Wildman–Crippen MR) is 92.7 cm³/mol. The minimum absolute atomic E-state index is 0.482. The van der Waals surface area contributed by atoms with Gasteiger partial charge in [0.2, 0.25) is 0 Å². The SMILES string of the molecule is CC=C(C)C(CC=C(C)C)Sc1nc2ccccc2s1. The van der Waals surface area contributed by atoms with Crippen molar-refractivity contribution in [1.29, 1.82) is 0 Å². The van der Waals surface area contributed by atoms with Gasteiger partial charge in [0, 0.05) is 5.25 Å². The zero-order valence-electron chi connectivity index (χ0n) is 12.5. The van der Waals surface area contributed by atoms with Crippen molar-refractivity contribution < 1.29 is 0 Å². The first-order valence-corrected chi connectivity index (χ1v) is 8.58. The first-order chi connectivity index (χ1) is 9.60. The van der Waals surface area contributed by atoms with Crippen LogP contribution >= 0.6 is 23.1 Å². The average Bonchev–Trinajstić information content (AvgIpc) is 2.84. The summed E-state index contributed by atoms with van der Waals surface area (Å²) < 4.78 is 2.44. The van der Waals surface area contributed by atoms with Gasteiger partial charge < -0.3 is 0 Å². The van der Waals surface area contributed by atoms with Crippen LogP contribution in [0.5, 0.6) is 0 Å². The second-order valence-corrected chi connectivity index (χ2v) is 7.58.